The Hall–Kier alpha value is -2.82. The van der Waals surface area contributed by atoms with Crippen LogP contribution >= 0.6 is 11.3 Å². The fourth-order valence-corrected chi connectivity index (χ4v) is 4.23. The van der Waals surface area contributed by atoms with Crippen LogP contribution in [0, 0.1) is 11.3 Å². The second-order valence-corrected chi connectivity index (χ2v) is 9.51. The summed E-state index contributed by atoms with van der Waals surface area (Å²) in [6, 6.07) is 16.9. The van der Waals surface area contributed by atoms with Gasteiger partial charge in [0.2, 0.25) is 10.0 Å². The van der Waals surface area contributed by atoms with E-state index in [0.29, 0.717) is 16.9 Å². The van der Waals surface area contributed by atoms with Gasteiger partial charge < -0.3 is 5.73 Å². The lowest BCUT2D eigenvalue weighted by atomic mass is 9.98. The molecule has 138 valence electrons. The zero-order chi connectivity index (χ0) is 19.6. The molecule has 2 aromatic carbocycles. The van der Waals surface area contributed by atoms with Crippen molar-refractivity contribution >= 4 is 32.7 Å². The van der Waals surface area contributed by atoms with E-state index < -0.39 is 15.3 Å². The summed E-state index contributed by atoms with van der Waals surface area (Å²) in [5.41, 5.74) is 10.0. The Morgan fingerprint density at radius 3 is 2.37 bits per heavy atom. The van der Waals surface area contributed by atoms with Crippen molar-refractivity contribution in [2.75, 3.05) is 10.5 Å². The number of thiophene rings is 1. The number of nitrogens with two attached hydrogens (primary N) is 1. The average Bonchev–Trinajstić information content (AvgIpc) is 3.09. The lowest BCUT2D eigenvalue weighted by Crippen LogP contribution is -2.22. The maximum absolute atomic E-state index is 12.2. The van der Waals surface area contributed by atoms with Crippen LogP contribution in [0.4, 0.5) is 11.4 Å². The molecule has 7 heteroatoms. The molecule has 0 atom stereocenters. The van der Waals surface area contributed by atoms with E-state index in [-0.39, 0.29) is 0 Å². The number of sulfonamides is 1. The molecule has 3 aromatic rings. The van der Waals surface area contributed by atoms with Crippen molar-refractivity contribution in [1.82, 2.24) is 0 Å². The predicted octanol–water partition coefficient (Wildman–Crippen LogP) is 4.69. The Labute approximate surface area is 163 Å². The smallest absolute Gasteiger partial charge is 0.235 e. The highest BCUT2D eigenvalue weighted by molar-refractivity contribution is 7.93. The Morgan fingerprint density at radius 2 is 1.74 bits per heavy atom. The standard InChI is InChI=1S/C20H19N3O2S2/c1-13(2)27(24,25)23-19-9-10-26-20(19)15-5-3-14(4-6-15)18-8-7-17(22)11-16(18)12-21/h3-11,13,23H,22H2,1-2H3. The van der Waals surface area contributed by atoms with Gasteiger partial charge in [-0.1, -0.05) is 30.3 Å². The predicted molar refractivity (Wildman–Crippen MR) is 112 cm³/mol. The van der Waals surface area contributed by atoms with Crippen molar-refractivity contribution in [2.24, 2.45) is 0 Å². The zero-order valence-corrected chi connectivity index (χ0v) is 16.6. The molecule has 0 bridgehead atoms. The Balaban J connectivity index is 1.94. The SMILES string of the molecule is CC(C)S(=O)(=O)Nc1ccsc1-c1ccc(-c2ccc(N)cc2C#N)cc1. The second-order valence-electron chi connectivity index (χ2n) is 6.35. The third-order valence-electron chi connectivity index (χ3n) is 4.16. The first-order valence-electron chi connectivity index (χ1n) is 8.31. The van der Waals surface area contributed by atoms with Gasteiger partial charge in [-0.05, 0) is 54.1 Å². The Kier molecular flexibility index (Phi) is 5.22. The lowest BCUT2D eigenvalue weighted by molar-refractivity contribution is 0.593. The number of rotatable bonds is 5. The quantitative estimate of drug-likeness (QED) is 0.611. The number of benzene rings is 2. The van der Waals surface area contributed by atoms with Gasteiger partial charge in [0.05, 0.1) is 27.4 Å². The van der Waals surface area contributed by atoms with Crippen molar-refractivity contribution in [2.45, 2.75) is 19.1 Å². The van der Waals surface area contributed by atoms with E-state index in [0.717, 1.165) is 21.6 Å². The first kappa shape index (κ1) is 19.0. The highest BCUT2D eigenvalue weighted by Gasteiger charge is 2.18. The number of nitriles is 1. The number of nitrogens with zero attached hydrogens (tertiary/aromatic N) is 1. The largest absolute Gasteiger partial charge is 0.399 e. The van der Waals surface area contributed by atoms with Gasteiger partial charge in [-0.2, -0.15) is 5.26 Å². The van der Waals surface area contributed by atoms with Crippen LogP contribution in [0.1, 0.15) is 19.4 Å². The fourth-order valence-electron chi connectivity index (χ4n) is 2.59. The van der Waals surface area contributed by atoms with E-state index in [9.17, 15) is 13.7 Å². The van der Waals surface area contributed by atoms with E-state index in [4.69, 9.17) is 5.73 Å². The van der Waals surface area contributed by atoms with Crippen LogP contribution in [-0.4, -0.2) is 13.7 Å². The summed E-state index contributed by atoms with van der Waals surface area (Å²) in [7, 11) is -3.41. The number of hydrogen-bond donors (Lipinski definition) is 2. The molecule has 0 amide bonds. The van der Waals surface area contributed by atoms with Gasteiger partial charge in [-0.15, -0.1) is 11.3 Å². The molecule has 3 N–H and O–H groups in total. The van der Waals surface area contributed by atoms with Crippen LogP contribution < -0.4 is 10.5 Å². The van der Waals surface area contributed by atoms with Crippen LogP contribution in [0.3, 0.4) is 0 Å². The Bertz CT molecular complexity index is 1110. The number of hydrogen-bond acceptors (Lipinski definition) is 5. The maximum Gasteiger partial charge on any atom is 0.235 e. The summed E-state index contributed by atoms with van der Waals surface area (Å²) >= 11 is 1.47. The Morgan fingerprint density at radius 1 is 1.07 bits per heavy atom. The van der Waals surface area contributed by atoms with Gasteiger partial charge in [-0.3, -0.25) is 4.72 Å². The number of nitrogen functional groups attached to an aromatic ring is 1. The van der Waals surface area contributed by atoms with Gasteiger partial charge in [0.25, 0.3) is 0 Å². The van der Waals surface area contributed by atoms with Gasteiger partial charge in [0.1, 0.15) is 0 Å². The zero-order valence-electron chi connectivity index (χ0n) is 14.9. The molecule has 0 aliphatic rings. The molecule has 0 saturated carbocycles. The molecule has 0 unspecified atom stereocenters. The summed E-state index contributed by atoms with van der Waals surface area (Å²) in [5.74, 6) is 0. The van der Waals surface area contributed by atoms with Crippen molar-refractivity contribution in [3.63, 3.8) is 0 Å². The van der Waals surface area contributed by atoms with Crippen LogP contribution in [0.2, 0.25) is 0 Å². The third kappa shape index (κ3) is 3.97. The fraction of sp³-hybridized carbons (Fsp3) is 0.150. The molecular weight excluding hydrogens is 378 g/mol. The van der Waals surface area contributed by atoms with Gasteiger partial charge in [-0.25, -0.2) is 8.42 Å². The molecule has 27 heavy (non-hydrogen) atoms. The summed E-state index contributed by atoms with van der Waals surface area (Å²) in [4.78, 5) is 0.851. The van der Waals surface area contributed by atoms with Gasteiger partial charge in [0, 0.05) is 5.69 Å². The van der Waals surface area contributed by atoms with Crippen molar-refractivity contribution in [1.29, 1.82) is 5.26 Å². The van der Waals surface area contributed by atoms with Crippen molar-refractivity contribution < 1.29 is 8.42 Å². The van der Waals surface area contributed by atoms with Crippen LogP contribution in [0.5, 0.6) is 0 Å². The normalized spacial score (nSPS) is 11.3. The van der Waals surface area contributed by atoms with E-state index in [2.05, 4.69) is 10.8 Å². The molecule has 3 rings (SSSR count). The first-order chi connectivity index (χ1) is 12.8. The van der Waals surface area contributed by atoms with Crippen molar-refractivity contribution in [3.05, 3.63) is 59.5 Å². The summed E-state index contributed by atoms with van der Waals surface area (Å²) in [6.07, 6.45) is 0. The van der Waals surface area contributed by atoms with Crippen LogP contribution in [0.25, 0.3) is 21.6 Å². The van der Waals surface area contributed by atoms with E-state index in [1.165, 1.54) is 11.3 Å². The van der Waals surface area contributed by atoms with E-state index in [1.54, 1.807) is 32.0 Å². The molecule has 0 radical (unpaired) electrons. The van der Waals surface area contributed by atoms with Crippen LogP contribution in [-0.2, 0) is 10.0 Å². The topological polar surface area (TPSA) is 96.0 Å². The van der Waals surface area contributed by atoms with Crippen molar-refractivity contribution in [3.8, 4) is 27.6 Å². The van der Waals surface area contributed by atoms with E-state index >= 15 is 0 Å². The minimum atomic E-state index is -3.41. The van der Waals surface area contributed by atoms with Gasteiger partial charge in [0.15, 0.2) is 0 Å². The maximum atomic E-state index is 12.2. The molecule has 1 aromatic heterocycles. The number of nitrogens with one attached hydrogen (secondary N) is 1. The minimum absolute atomic E-state index is 0.512. The van der Waals surface area contributed by atoms with Crippen LogP contribution in [0.15, 0.2) is 53.9 Å². The molecule has 0 aliphatic carbocycles. The molecule has 0 saturated heterocycles. The van der Waals surface area contributed by atoms with E-state index in [1.807, 2.05) is 35.7 Å². The summed E-state index contributed by atoms with van der Waals surface area (Å²) < 4.78 is 27.0. The molecule has 0 aliphatic heterocycles. The first-order valence-corrected chi connectivity index (χ1v) is 10.7. The summed E-state index contributed by atoms with van der Waals surface area (Å²) in [6.45, 7) is 3.28. The number of anilines is 2. The average molecular weight is 398 g/mol. The summed E-state index contributed by atoms with van der Waals surface area (Å²) in [5, 5.41) is 10.7. The third-order valence-corrected chi connectivity index (χ3v) is 6.87. The van der Waals surface area contributed by atoms with Gasteiger partial charge >= 0.3 is 0 Å². The molecule has 1 heterocycles. The lowest BCUT2D eigenvalue weighted by Gasteiger charge is -2.12. The highest BCUT2D eigenvalue weighted by Crippen LogP contribution is 2.36. The minimum Gasteiger partial charge on any atom is -0.399 e. The molecule has 0 spiro atoms. The molecular formula is C20H19N3O2S2. The molecule has 5 nitrogen and oxygen atoms in total. The second kappa shape index (κ2) is 7.43. The molecule has 0 fully saturated rings. The monoisotopic (exact) mass is 397 g/mol. The highest BCUT2D eigenvalue weighted by atomic mass is 32.2.